The fraction of sp³-hybridized carbons (Fsp3) is 1.00. The molecule has 0 aromatic heterocycles. The number of hydrogen-bond donors (Lipinski definition) is 1. The molecule has 0 spiro atoms. The van der Waals surface area contributed by atoms with E-state index in [-0.39, 0.29) is 0 Å². The molecule has 0 aromatic rings. The van der Waals surface area contributed by atoms with E-state index >= 15 is 0 Å². The first-order chi connectivity index (χ1) is 11.8. The Balaban J connectivity index is 3.00. The van der Waals surface area contributed by atoms with Crippen LogP contribution in [-0.4, -0.2) is 23.4 Å². The Morgan fingerprint density at radius 3 is 1.08 bits per heavy atom. The molecular weight excluding hydrogens is 294 g/mol. The number of nitrogens with zero attached hydrogens (tertiary/aromatic N) is 1. The second kappa shape index (κ2) is 21.0. The Morgan fingerprint density at radius 2 is 0.750 bits per heavy atom. The summed E-state index contributed by atoms with van der Waals surface area (Å²) in [5.41, 5.74) is 0. The van der Waals surface area contributed by atoms with E-state index in [9.17, 15) is 5.21 Å². The zero-order valence-corrected chi connectivity index (χ0v) is 17.0. The van der Waals surface area contributed by atoms with E-state index in [2.05, 4.69) is 13.8 Å². The molecule has 0 heterocycles. The predicted octanol–water partition coefficient (Wildman–Crippen LogP) is 7.74. The minimum Gasteiger partial charge on any atom is -0.314 e. The molecule has 0 aliphatic heterocycles. The summed E-state index contributed by atoms with van der Waals surface area (Å²) in [6.45, 7) is 6.07. The summed E-state index contributed by atoms with van der Waals surface area (Å²) >= 11 is 0. The maximum absolute atomic E-state index is 9.51. The standard InChI is InChI=1S/C22H47NO/c1-3-5-6-7-8-9-10-11-12-13-14-15-16-17-18-19-20-22-23(24)21-4-2/h24H,3-22H2,1-2H3. The van der Waals surface area contributed by atoms with E-state index in [1.54, 1.807) is 0 Å². The Hall–Kier alpha value is -0.0800. The van der Waals surface area contributed by atoms with Crippen LogP contribution in [0, 0.1) is 0 Å². The first-order valence-corrected chi connectivity index (χ1v) is 11.2. The lowest BCUT2D eigenvalue weighted by atomic mass is 10.0. The monoisotopic (exact) mass is 341 g/mol. The largest absolute Gasteiger partial charge is 0.314 e. The number of hydrogen-bond acceptors (Lipinski definition) is 2. The molecule has 2 nitrogen and oxygen atoms in total. The van der Waals surface area contributed by atoms with Gasteiger partial charge in [-0.15, -0.1) is 0 Å². The van der Waals surface area contributed by atoms with Gasteiger partial charge in [-0.2, -0.15) is 5.06 Å². The van der Waals surface area contributed by atoms with Crippen LogP contribution in [0.15, 0.2) is 0 Å². The van der Waals surface area contributed by atoms with Crippen LogP contribution in [-0.2, 0) is 0 Å². The van der Waals surface area contributed by atoms with Crippen molar-refractivity contribution < 1.29 is 5.21 Å². The SMILES string of the molecule is CCCCCCCCCCCCCCCCCCCN(O)CCC. The molecule has 0 atom stereocenters. The fourth-order valence-corrected chi connectivity index (χ4v) is 3.39. The highest BCUT2D eigenvalue weighted by molar-refractivity contribution is 4.51. The van der Waals surface area contributed by atoms with Gasteiger partial charge in [0.2, 0.25) is 0 Å². The quantitative estimate of drug-likeness (QED) is 0.181. The van der Waals surface area contributed by atoms with Gasteiger partial charge in [0.05, 0.1) is 0 Å². The average Bonchev–Trinajstić information content (AvgIpc) is 2.58. The fourth-order valence-electron chi connectivity index (χ4n) is 3.39. The summed E-state index contributed by atoms with van der Waals surface area (Å²) in [6.07, 6.45) is 24.9. The molecule has 0 saturated heterocycles. The molecule has 0 aliphatic rings. The molecule has 0 fully saturated rings. The average molecular weight is 342 g/mol. The Bertz CT molecular complexity index is 220. The highest BCUT2D eigenvalue weighted by atomic mass is 16.5. The molecule has 0 radical (unpaired) electrons. The van der Waals surface area contributed by atoms with Crippen LogP contribution in [0.5, 0.6) is 0 Å². The lowest BCUT2D eigenvalue weighted by Gasteiger charge is -2.12. The summed E-state index contributed by atoms with van der Waals surface area (Å²) in [6, 6.07) is 0. The maximum atomic E-state index is 9.51. The van der Waals surface area contributed by atoms with Crippen LogP contribution < -0.4 is 0 Å². The van der Waals surface area contributed by atoms with Crippen molar-refractivity contribution in [2.24, 2.45) is 0 Å². The molecule has 1 N–H and O–H groups in total. The Labute approximate surface area is 153 Å². The van der Waals surface area contributed by atoms with Gasteiger partial charge in [-0.05, 0) is 12.8 Å². The van der Waals surface area contributed by atoms with E-state index in [1.807, 2.05) is 0 Å². The van der Waals surface area contributed by atoms with Crippen molar-refractivity contribution in [1.82, 2.24) is 5.06 Å². The van der Waals surface area contributed by atoms with Crippen LogP contribution in [0.2, 0.25) is 0 Å². The summed E-state index contributed by atoms with van der Waals surface area (Å²) in [5.74, 6) is 0. The molecule has 146 valence electrons. The van der Waals surface area contributed by atoms with E-state index in [0.29, 0.717) is 0 Å². The van der Waals surface area contributed by atoms with Gasteiger partial charge in [0.1, 0.15) is 0 Å². The highest BCUT2D eigenvalue weighted by Gasteiger charge is 1.98. The van der Waals surface area contributed by atoms with Crippen molar-refractivity contribution in [3.8, 4) is 0 Å². The third kappa shape index (κ3) is 20.0. The van der Waals surface area contributed by atoms with Gasteiger partial charge in [-0.3, -0.25) is 0 Å². The van der Waals surface area contributed by atoms with Gasteiger partial charge in [0, 0.05) is 13.1 Å². The van der Waals surface area contributed by atoms with Crippen molar-refractivity contribution in [3.05, 3.63) is 0 Å². The summed E-state index contributed by atoms with van der Waals surface area (Å²) in [5, 5.41) is 11.0. The molecule has 0 amide bonds. The van der Waals surface area contributed by atoms with E-state index < -0.39 is 0 Å². The highest BCUT2D eigenvalue weighted by Crippen LogP contribution is 2.14. The molecular formula is C22H47NO. The number of rotatable bonds is 20. The second-order valence-electron chi connectivity index (χ2n) is 7.61. The third-order valence-corrected chi connectivity index (χ3v) is 5.00. The summed E-state index contributed by atoms with van der Waals surface area (Å²) < 4.78 is 0. The van der Waals surface area contributed by atoms with Crippen LogP contribution in [0.25, 0.3) is 0 Å². The summed E-state index contributed by atoms with van der Waals surface area (Å²) in [7, 11) is 0. The van der Waals surface area contributed by atoms with Crippen LogP contribution in [0.1, 0.15) is 129 Å². The first-order valence-electron chi connectivity index (χ1n) is 11.2. The predicted molar refractivity (Wildman–Crippen MR) is 108 cm³/mol. The molecule has 0 saturated carbocycles. The molecule has 24 heavy (non-hydrogen) atoms. The van der Waals surface area contributed by atoms with E-state index in [1.165, 1.54) is 108 Å². The van der Waals surface area contributed by atoms with E-state index in [4.69, 9.17) is 0 Å². The topological polar surface area (TPSA) is 23.5 Å². The number of hydroxylamine groups is 2. The van der Waals surface area contributed by atoms with Crippen LogP contribution >= 0.6 is 0 Å². The van der Waals surface area contributed by atoms with Crippen molar-refractivity contribution in [3.63, 3.8) is 0 Å². The molecule has 0 rings (SSSR count). The Kier molecular flexibility index (Phi) is 20.9. The van der Waals surface area contributed by atoms with Crippen molar-refractivity contribution >= 4 is 0 Å². The van der Waals surface area contributed by atoms with Gasteiger partial charge in [0.15, 0.2) is 0 Å². The zero-order chi connectivity index (χ0) is 17.7. The third-order valence-electron chi connectivity index (χ3n) is 5.00. The van der Waals surface area contributed by atoms with Gasteiger partial charge in [0.25, 0.3) is 0 Å². The van der Waals surface area contributed by atoms with Gasteiger partial charge in [-0.25, -0.2) is 0 Å². The minimum atomic E-state index is 0.818. The summed E-state index contributed by atoms with van der Waals surface area (Å²) in [4.78, 5) is 0. The van der Waals surface area contributed by atoms with Gasteiger partial charge < -0.3 is 5.21 Å². The van der Waals surface area contributed by atoms with E-state index in [0.717, 1.165) is 25.9 Å². The van der Waals surface area contributed by atoms with Crippen LogP contribution in [0.4, 0.5) is 0 Å². The maximum Gasteiger partial charge on any atom is 0.0238 e. The van der Waals surface area contributed by atoms with Crippen molar-refractivity contribution in [1.29, 1.82) is 0 Å². The lowest BCUT2D eigenvalue weighted by molar-refractivity contribution is -0.0913. The smallest absolute Gasteiger partial charge is 0.0238 e. The van der Waals surface area contributed by atoms with Crippen molar-refractivity contribution in [2.75, 3.05) is 13.1 Å². The van der Waals surface area contributed by atoms with Gasteiger partial charge in [-0.1, -0.05) is 117 Å². The molecule has 2 heteroatoms. The molecule has 0 unspecified atom stereocenters. The molecule has 0 aromatic carbocycles. The van der Waals surface area contributed by atoms with Crippen LogP contribution in [0.3, 0.4) is 0 Å². The molecule has 0 aliphatic carbocycles. The Morgan fingerprint density at radius 1 is 0.417 bits per heavy atom. The normalized spacial score (nSPS) is 11.5. The minimum absolute atomic E-state index is 0.818. The molecule has 0 bridgehead atoms. The number of unbranched alkanes of at least 4 members (excludes halogenated alkanes) is 16. The van der Waals surface area contributed by atoms with Crippen molar-refractivity contribution in [2.45, 2.75) is 129 Å². The van der Waals surface area contributed by atoms with Gasteiger partial charge >= 0.3 is 0 Å². The second-order valence-corrected chi connectivity index (χ2v) is 7.61. The zero-order valence-electron chi connectivity index (χ0n) is 17.0. The lowest BCUT2D eigenvalue weighted by Crippen LogP contribution is -2.21. The first kappa shape index (κ1) is 23.9.